The highest BCUT2D eigenvalue weighted by molar-refractivity contribution is 5.68. The molecule has 1 fully saturated rings. The molecular formula is C20H27N3O2. The summed E-state index contributed by atoms with van der Waals surface area (Å²) in [5, 5.41) is 7.67. The van der Waals surface area contributed by atoms with Crippen molar-refractivity contribution in [2.75, 3.05) is 13.1 Å². The quantitative estimate of drug-likeness (QED) is 0.914. The highest BCUT2D eigenvalue weighted by atomic mass is 16.6. The van der Waals surface area contributed by atoms with Gasteiger partial charge >= 0.3 is 6.09 Å². The lowest BCUT2D eigenvalue weighted by molar-refractivity contribution is 0.0204. The van der Waals surface area contributed by atoms with Crippen molar-refractivity contribution >= 4 is 6.09 Å². The molecule has 1 aromatic carbocycles. The molecule has 0 bridgehead atoms. The molecule has 0 radical (unpaired) electrons. The van der Waals surface area contributed by atoms with Crippen LogP contribution in [0.2, 0.25) is 0 Å². The minimum Gasteiger partial charge on any atom is -0.444 e. The Morgan fingerprint density at radius 1 is 1.24 bits per heavy atom. The summed E-state index contributed by atoms with van der Waals surface area (Å²) in [6.45, 7) is 7.14. The number of H-pyrrole nitrogens is 1. The number of benzene rings is 1. The van der Waals surface area contributed by atoms with Crippen LogP contribution >= 0.6 is 0 Å². The fourth-order valence-electron chi connectivity index (χ4n) is 3.18. The minimum atomic E-state index is -0.442. The van der Waals surface area contributed by atoms with E-state index in [1.54, 1.807) is 4.90 Å². The van der Waals surface area contributed by atoms with Crippen LogP contribution in [0.15, 0.2) is 36.4 Å². The van der Waals surface area contributed by atoms with Crippen LogP contribution in [0.4, 0.5) is 4.79 Å². The van der Waals surface area contributed by atoms with Crippen LogP contribution in [0.1, 0.15) is 56.5 Å². The summed E-state index contributed by atoms with van der Waals surface area (Å²) >= 11 is 0. The predicted molar refractivity (Wildman–Crippen MR) is 97.6 cm³/mol. The first-order valence-electron chi connectivity index (χ1n) is 8.97. The molecule has 1 aliphatic rings. The van der Waals surface area contributed by atoms with Crippen molar-refractivity contribution < 1.29 is 9.53 Å². The van der Waals surface area contributed by atoms with Crippen LogP contribution in [0.25, 0.3) is 0 Å². The number of rotatable bonds is 3. The average molecular weight is 341 g/mol. The van der Waals surface area contributed by atoms with Gasteiger partial charge in [0, 0.05) is 31.1 Å². The second-order valence-electron chi connectivity index (χ2n) is 7.72. The molecule has 1 saturated heterocycles. The van der Waals surface area contributed by atoms with E-state index in [0.29, 0.717) is 5.92 Å². The first kappa shape index (κ1) is 17.5. The molecule has 5 heteroatoms. The Balaban J connectivity index is 1.54. The maximum Gasteiger partial charge on any atom is 0.410 e. The average Bonchev–Trinajstić information content (AvgIpc) is 3.03. The van der Waals surface area contributed by atoms with Crippen molar-refractivity contribution in [1.82, 2.24) is 15.1 Å². The van der Waals surface area contributed by atoms with Gasteiger partial charge in [-0.3, -0.25) is 5.10 Å². The van der Waals surface area contributed by atoms with E-state index in [1.807, 2.05) is 26.8 Å². The van der Waals surface area contributed by atoms with Crippen molar-refractivity contribution in [3.63, 3.8) is 0 Å². The first-order chi connectivity index (χ1) is 11.9. The van der Waals surface area contributed by atoms with Gasteiger partial charge in [0.25, 0.3) is 0 Å². The second kappa shape index (κ2) is 7.30. The molecule has 0 spiro atoms. The normalized spacial score (nSPS) is 16.0. The molecule has 3 rings (SSSR count). The highest BCUT2D eigenvalue weighted by Gasteiger charge is 2.28. The van der Waals surface area contributed by atoms with Crippen molar-refractivity contribution in [3.8, 4) is 0 Å². The lowest BCUT2D eigenvalue weighted by Gasteiger charge is -2.32. The molecule has 1 amide bonds. The lowest BCUT2D eigenvalue weighted by Crippen LogP contribution is -2.41. The van der Waals surface area contributed by atoms with Crippen LogP contribution in [0.3, 0.4) is 0 Å². The van der Waals surface area contributed by atoms with Gasteiger partial charge in [-0.05, 0) is 45.2 Å². The van der Waals surface area contributed by atoms with Crippen LogP contribution in [-0.2, 0) is 11.2 Å². The molecule has 25 heavy (non-hydrogen) atoms. The lowest BCUT2D eigenvalue weighted by atomic mass is 9.93. The largest absolute Gasteiger partial charge is 0.444 e. The zero-order valence-electron chi connectivity index (χ0n) is 15.3. The molecule has 1 aromatic heterocycles. The van der Waals surface area contributed by atoms with E-state index in [-0.39, 0.29) is 6.09 Å². The summed E-state index contributed by atoms with van der Waals surface area (Å²) in [7, 11) is 0. The highest BCUT2D eigenvalue weighted by Crippen LogP contribution is 2.28. The van der Waals surface area contributed by atoms with Crippen LogP contribution in [-0.4, -0.2) is 39.9 Å². The number of nitrogens with zero attached hydrogens (tertiary/aromatic N) is 2. The van der Waals surface area contributed by atoms with Crippen molar-refractivity contribution in [3.05, 3.63) is 53.3 Å². The summed E-state index contributed by atoms with van der Waals surface area (Å²) in [6, 6.07) is 12.6. The third kappa shape index (κ3) is 4.84. The van der Waals surface area contributed by atoms with E-state index in [1.165, 1.54) is 5.56 Å². The van der Waals surface area contributed by atoms with Gasteiger partial charge in [0.15, 0.2) is 0 Å². The fraction of sp³-hybridized carbons (Fsp3) is 0.500. The smallest absolute Gasteiger partial charge is 0.410 e. The first-order valence-corrected chi connectivity index (χ1v) is 8.97. The SMILES string of the molecule is CC(C)(C)OC(=O)N1CCC(c2cc(Cc3ccccc3)[nH]n2)CC1. The number of piperidine rings is 1. The summed E-state index contributed by atoms with van der Waals surface area (Å²) in [5.41, 5.74) is 3.07. The van der Waals surface area contributed by atoms with Gasteiger partial charge < -0.3 is 9.64 Å². The number of nitrogens with one attached hydrogen (secondary N) is 1. The van der Waals surface area contributed by atoms with Gasteiger partial charge in [0.05, 0.1) is 5.69 Å². The number of aromatic amines is 1. The standard InChI is InChI=1S/C20H27N3O2/c1-20(2,3)25-19(24)23-11-9-16(10-12-23)18-14-17(21-22-18)13-15-7-5-4-6-8-15/h4-8,14,16H,9-13H2,1-3H3,(H,21,22). The van der Waals surface area contributed by atoms with Crippen molar-refractivity contribution in [2.45, 2.75) is 51.6 Å². The van der Waals surface area contributed by atoms with Gasteiger partial charge in [-0.2, -0.15) is 5.10 Å². The minimum absolute atomic E-state index is 0.210. The maximum atomic E-state index is 12.1. The molecule has 5 nitrogen and oxygen atoms in total. The second-order valence-corrected chi connectivity index (χ2v) is 7.72. The topological polar surface area (TPSA) is 58.2 Å². The molecule has 134 valence electrons. The number of hydrogen-bond acceptors (Lipinski definition) is 3. The summed E-state index contributed by atoms with van der Waals surface area (Å²) in [5.74, 6) is 0.402. The van der Waals surface area contributed by atoms with E-state index < -0.39 is 5.60 Å². The molecular weight excluding hydrogens is 314 g/mol. The molecule has 1 aliphatic heterocycles. The monoisotopic (exact) mass is 341 g/mol. The van der Waals surface area contributed by atoms with Crippen molar-refractivity contribution in [1.29, 1.82) is 0 Å². The van der Waals surface area contributed by atoms with Gasteiger partial charge in [-0.1, -0.05) is 30.3 Å². The van der Waals surface area contributed by atoms with Crippen LogP contribution in [0.5, 0.6) is 0 Å². The summed E-state index contributed by atoms with van der Waals surface area (Å²) < 4.78 is 5.45. The number of amides is 1. The summed E-state index contributed by atoms with van der Waals surface area (Å²) in [6.07, 6.45) is 2.51. The van der Waals surface area contributed by atoms with E-state index in [4.69, 9.17) is 4.74 Å². The molecule has 0 unspecified atom stereocenters. The Hall–Kier alpha value is -2.30. The zero-order valence-corrected chi connectivity index (χ0v) is 15.3. The summed E-state index contributed by atoms with van der Waals surface area (Å²) in [4.78, 5) is 14.0. The molecule has 2 heterocycles. The Morgan fingerprint density at radius 2 is 1.92 bits per heavy atom. The fourth-order valence-corrected chi connectivity index (χ4v) is 3.18. The van der Waals surface area contributed by atoms with Crippen LogP contribution < -0.4 is 0 Å². The number of aromatic nitrogens is 2. The Bertz CT molecular complexity index is 695. The number of hydrogen-bond donors (Lipinski definition) is 1. The van der Waals surface area contributed by atoms with Gasteiger partial charge in [-0.25, -0.2) is 4.79 Å². The molecule has 1 N–H and O–H groups in total. The van der Waals surface area contributed by atoms with Gasteiger partial charge in [0.1, 0.15) is 5.60 Å². The Morgan fingerprint density at radius 3 is 2.56 bits per heavy atom. The van der Waals surface area contributed by atoms with Crippen LogP contribution in [0, 0.1) is 0 Å². The van der Waals surface area contributed by atoms with Gasteiger partial charge in [0.2, 0.25) is 0 Å². The number of carbonyl (C=O) groups excluding carboxylic acids is 1. The molecule has 0 saturated carbocycles. The number of carbonyl (C=O) groups is 1. The predicted octanol–water partition coefficient (Wildman–Crippen LogP) is 4.12. The maximum absolute atomic E-state index is 12.1. The number of likely N-dealkylation sites (tertiary alicyclic amines) is 1. The van der Waals surface area contributed by atoms with Crippen molar-refractivity contribution in [2.24, 2.45) is 0 Å². The number of ether oxygens (including phenoxy) is 1. The zero-order chi connectivity index (χ0) is 17.9. The van der Waals surface area contributed by atoms with E-state index >= 15 is 0 Å². The molecule has 2 aromatic rings. The Labute approximate surface area is 149 Å². The molecule has 0 aliphatic carbocycles. The third-order valence-electron chi connectivity index (χ3n) is 4.45. The van der Waals surface area contributed by atoms with E-state index in [2.05, 4.69) is 40.5 Å². The van der Waals surface area contributed by atoms with E-state index in [9.17, 15) is 4.79 Å². The van der Waals surface area contributed by atoms with E-state index in [0.717, 1.165) is 43.7 Å². The Kier molecular flexibility index (Phi) is 5.11. The van der Waals surface area contributed by atoms with Gasteiger partial charge in [-0.15, -0.1) is 0 Å². The molecule has 0 atom stereocenters. The third-order valence-corrected chi connectivity index (χ3v) is 4.45.